The molecule has 0 amide bonds. The molecule has 0 aromatic heterocycles. The summed E-state index contributed by atoms with van der Waals surface area (Å²) in [5, 5.41) is 3.63. The van der Waals surface area contributed by atoms with Gasteiger partial charge in [-0.15, -0.1) is 0 Å². The van der Waals surface area contributed by atoms with Crippen LogP contribution in [0, 0.1) is 12.8 Å². The minimum Gasteiger partial charge on any atom is -0.313 e. The molecule has 0 radical (unpaired) electrons. The van der Waals surface area contributed by atoms with Crippen molar-refractivity contribution < 1.29 is 8.42 Å². The number of sulfonamides is 1. The van der Waals surface area contributed by atoms with Gasteiger partial charge in [-0.1, -0.05) is 32.4 Å². The fourth-order valence-corrected chi connectivity index (χ4v) is 3.61. The van der Waals surface area contributed by atoms with Gasteiger partial charge in [0.2, 0.25) is 10.0 Å². The molecular formula is C14H23ClN2O2S. The molecule has 1 aromatic rings. The van der Waals surface area contributed by atoms with Crippen molar-refractivity contribution in [2.45, 2.75) is 39.1 Å². The van der Waals surface area contributed by atoms with Crippen molar-refractivity contribution in [3.05, 3.63) is 28.3 Å². The summed E-state index contributed by atoms with van der Waals surface area (Å²) < 4.78 is 27.3. The van der Waals surface area contributed by atoms with Gasteiger partial charge in [0.25, 0.3) is 0 Å². The number of nitrogens with one attached hydrogen (secondary N) is 2. The molecule has 0 fully saturated rings. The lowest BCUT2D eigenvalue weighted by molar-refractivity contribution is 0.559. The predicted molar refractivity (Wildman–Crippen MR) is 83.6 cm³/mol. The van der Waals surface area contributed by atoms with Crippen LogP contribution in [-0.2, 0) is 16.6 Å². The van der Waals surface area contributed by atoms with Crippen LogP contribution in [-0.4, -0.2) is 21.5 Å². The number of hydrogen-bond acceptors (Lipinski definition) is 3. The van der Waals surface area contributed by atoms with E-state index in [1.54, 1.807) is 6.07 Å². The van der Waals surface area contributed by atoms with E-state index < -0.39 is 10.0 Å². The zero-order chi connectivity index (χ0) is 15.3. The molecule has 4 nitrogen and oxygen atoms in total. The van der Waals surface area contributed by atoms with Crippen LogP contribution in [0.4, 0.5) is 0 Å². The largest absolute Gasteiger partial charge is 0.313 e. The van der Waals surface area contributed by atoms with Crippen LogP contribution in [0.25, 0.3) is 0 Å². The Morgan fingerprint density at radius 1 is 1.30 bits per heavy atom. The zero-order valence-corrected chi connectivity index (χ0v) is 14.0. The van der Waals surface area contributed by atoms with Gasteiger partial charge in [0.05, 0.1) is 4.90 Å². The maximum absolute atomic E-state index is 12.3. The number of rotatable bonds is 7. The summed E-state index contributed by atoms with van der Waals surface area (Å²) in [6.07, 6.45) is 0. The van der Waals surface area contributed by atoms with E-state index in [0.29, 0.717) is 18.1 Å². The second kappa shape index (κ2) is 7.41. The molecule has 20 heavy (non-hydrogen) atoms. The molecule has 0 aliphatic carbocycles. The smallest absolute Gasteiger partial charge is 0.240 e. The van der Waals surface area contributed by atoms with Crippen molar-refractivity contribution in [1.82, 2.24) is 10.0 Å². The van der Waals surface area contributed by atoms with Gasteiger partial charge in [-0.3, -0.25) is 0 Å². The first kappa shape index (κ1) is 17.4. The lowest BCUT2D eigenvalue weighted by atomic mass is 10.1. The van der Waals surface area contributed by atoms with Gasteiger partial charge < -0.3 is 5.32 Å². The van der Waals surface area contributed by atoms with Gasteiger partial charge in [0.15, 0.2) is 0 Å². The maximum atomic E-state index is 12.3. The van der Waals surface area contributed by atoms with Crippen molar-refractivity contribution in [3.63, 3.8) is 0 Å². The molecule has 0 heterocycles. The first-order valence-electron chi connectivity index (χ1n) is 6.77. The van der Waals surface area contributed by atoms with E-state index in [-0.39, 0.29) is 10.8 Å². The third-order valence-corrected chi connectivity index (χ3v) is 4.74. The van der Waals surface area contributed by atoms with Gasteiger partial charge in [-0.05, 0) is 42.6 Å². The van der Waals surface area contributed by atoms with Gasteiger partial charge >= 0.3 is 0 Å². The highest BCUT2D eigenvalue weighted by molar-refractivity contribution is 7.89. The SMILES string of the molecule is CCNCc1cc(Cl)cc(S(=O)(=O)NCC(C)C)c1C. The Morgan fingerprint density at radius 3 is 2.50 bits per heavy atom. The first-order valence-corrected chi connectivity index (χ1v) is 8.63. The molecule has 1 rings (SSSR count). The molecule has 1 aromatic carbocycles. The monoisotopic (exact) mass is 318 g/mol. The fraction of sp³-hybridized carbons (Fsp3) is 0.571. The van der Waals surface area contributed by atoms with Crippen molar-refractivity contribution in [2.75, 3.05) is 13.1 Å². The average molecular weight is 319 g/mol. The van der Waals surface area contributed by atoms with E-state index in [4.69, 9.17) is 11.6 Å². The van der Waals surface area contributed by atoms with Gasteiger partial charge in [0.1, 0.15) is 0 Å². The van der Waals surface area contributed by atoms with Crippen molar-refractivity contribution in [1.29, 1.82) is 0 Å². The van der Waals surface area contributed by atoms with Crippen LogP contribution in [0.5, 0.6) is 0 Å². The minimum absolute atomic E-state index is 0.255. The lowest BCUT2D eigenvalue weighted by Gasteiger charge is -2.15. The summed E-state index contributed by atoms with van der Waals surface area (Å²) in [5.41, 5.74) is 1.65. The highest BCUT2D eigenvalue weighted by Gasteiger charge is 2.19. The summed E-state index contributed by atoms with van der Waals surface area (Å²) in [4.78, 5) is 0.263. The number of benzene rings is 1. The highest BCUT2D eigenvalue weighted by Crippen LogP contribution is 2.24. The van der Waals surface area contributed by atoms with E-state index in [0.717, 1.165) is 17.7 Å². The first-order chi connectivity index (χ1) is 9.27. The highest BCUT2D eigenvalue weighted by atomic mass is 35.5. The molecule has 0 saturated heterocycles. The third-order valence-electron chi connectivity index (χ3n) is 2.97. The predicted octanol–water partition coefficient (Wildman–Crippen LogP) is 2.69. The molecule has 0 spiro atoms. The zero-order valence-electron chi connectivity index (χ0n) is 12.5. The fourth-order valence-electron chi connectivity index (χ4n) is 1.78. The number of hydrogen-bond donors (Lipinski definition) is 2. The van der Waals surface area contributed by atoms with Crippen molar-refractivity contribution in [3.8, 4) is 0 Å². The number of halogens is 1. The summed E-state index contributed by atoms with van der Waals surface area (Å²) in [7, 11) is -3.52. The molecule has 6 heteroatoms. The van der Waals surface area contributed by atoms with Gasteiger partial charge in [0, 0.05) is 18.1 Å². The average Bonchev–Trinajstić information content (AvgIpc) is 2.37. The standard InChI is InChI=1S/C14H23ClN2O2S/c1-5-16-9-12-6-13(15)7-14(11(12)4)20(18,19)17-8-10(2)3/h6-7,10,16-17H,5,8-9H2,1-4H3. The Morgan fingerprint density at radius 2 is 1.95 bits per heavy atom. The second-order valence-electron chi connectivity index (χ2n) is 5.21. The van der Waals surface area contributed by atoms with E-state index in [1.165, 1.54) is 6.07 Å². The lowest BCUT2D eigenvalue weighted by Crippen LogP contribution is -2.28. The van der Waals surface area contributed by atoms with Crippen LogP contribution in [0.15, 0.2) is 17.0 Å². The Hall–Kier alpha value is -0.620. The van der Waals surface area contributed by atoms with Crippen LogP contribution in [0.1, 0.15) is 31.9 Å². The Kier molecular flexibility index (Phi) is 6.45. The second-order valence-corrected chi connectivity index (χ2v) is 7.39. The topological polar surface area (TPSA) is 58.2 Å². The van der Waals surface area contributed by atoms with Crippen molar-refractivity contribution >= 4 is 21.6 Å². The van der Waals surface area contributed by atoms with Gasteiger partial charge in [-0.2, -0.15) is 0 Å². The Labute approximate surface area is 127 Å². The molecule has 0 saturated carbocycles. The molecule has 0 atom stereocenters. The van der Waals surface area contributed by atoms with Crippen molar-refractivity contribution in [2.24, 2.45) is 5.92 Å². The summed E-state index contributed by atoms with van der Waals surface area (Å²) in [5.74, 6) is 0.255. The van der Waals surface area contributed by atoms with Gasteiger partial charge in [-0.25, -0.2) is 13.1 Å². The summed E-state index contributed by atoms with van der Waals surface area (Å²) in [6, 6.07) is 3.32. The molecule has 2 N–H and O–H groups in total. The molecule has 0 aliphatic rings. The van der Waals surface area contributed by atoms with E-state index >= 15 is 0 Å². The van der Waals surface area contributed by atoms with Crippen LogP contribution >= 0.6 is 11.6 Å². The van der Waals surface area contributed by atoms with Crippen LogP contribution in [0.2, 0.25) is 5.02 Å². The minimum atomic E-state index is -3.52. The summed E-state index contributed by atoms with van der Waals surface area (Å²) >= 11 is 6.05. The quantitative estimate of drug-likeness (QED) is 0.812. The van der Waals surface area contributed by atoms with E-state index in [2.05, 4.69) is 10.0 Å². The Balaban J connectivity index is 3.13. The Bertz CT molecular complexity index is 557. The van der Waals surface area contributed by atoms with E-state index in [9.17, 15) is 8.42 Å². The molecule has 0 aliphatic heterocycles. The molecule has 114 valence electrons. The molecular weight excluding hydrogens is 296 g/mol. The molecule has 0 bridgehead atoms. The van der Waals surface area contributed by atoms with E-state index in [1.807, 2.05) is 27.7 Å². The van der Waals surface area contributed by atoms with Crippen LogP contribution in [0.3, 0.4) is 0 Å². The third kappa shape index (κ3) is 4.74. The summed E-state index contributed by atoms with van der Waals surface area (Å²) in [6.45, 7) is 9.58. The normalized spacial score (nSPS) is 12.1. The molecule has 0 unspecified atom stereocenters. The maximum Gasteiger partial charge on any atom is 0.240 e. The van der Waals surface area contributed by atoms with Crippen LogP contribution < -0.4 is 10.0 Å².